The van der Waals surface area contributed by atoms with E-state index < -0.39 is 18.1 Å². The van der Waals surface area contributed by atoms with Crippen LogP contribution in [-0.4, -0.2) is 66.3 Å². The molecule has 3 N–H and O–H groups in total. The van der Waals surface area contributed by atoms with Gasteiger partial charge in [0.2, 0.25) is 0 Å². The molecule has 1 amide bonds. The average molecular weight is 427 g/mol. The van der Waals surface area contributed by atoms with E-state index in [1.54, 1.807) is 11.6 Å². The van der Waals surface area contributed by atoms with Crippen LogP contribution in [-0.2, 0) is 0 Å². The van der Waals surface area contributed by atoms with Crippen LogP contribution in [0.3, 0.4) is 0 Å². The number of fused-ring (bicyclic) bond motifs is 1. The second-order valence-corrected chi connectivity index (χ2v) is 7.73. The third-order valence-corrected chi connectivity index (χ3v) is 5.62. The zero-order chi connectivity index (χ0) is 20.6. The highest BCUT2D eigenvalue weighted by molar-refractivity contribution is 7.17. The van der Waals surface area contributed by atoms with E-state index in [4.69, 9.17) is 0 Å². The minimum absolute atomic E-state index is 0.212. The van der Waals surface area contributed by atoms with Crippen LogP contribution in [0.5, 0.6) is 0 Å². The Balaban J connectivity index is 1.59. The molecule has 12 heteroatoms. The number of nitrogens with zero attached hydrogens (tertiary/aromatic N) is 4. The maximum Gasteiger partial charge on any atom is 0.411 e. The van der Waals surface area contributed by atoms with Gasteiger partial charge in [0, 0.05) is 38.3 Å². The highest BCUT2D eigenvalue weighted by Gasteiger charge is 2.46. The summed E-state index contributed by atoms with van der Waals surface area (Å²) in [6.07, 6.45) is -0.686. The van der Waals surface area contributed by atoms with Crippen molar-refractivity contribution in [3.05, 3.63) is 29.0 Å². The molecule has 1 saturated heterocycles. The van der Waals surface area contributed by atoms with Crippen molar-refractivity contribution in [2.75, 3.05) is 38.1 Å². The number of carbonyl (C=O) groups is 1. The number of hydrazine groups is 1. The molecule has 4 rings (SSSR count). The monoisotopic (exact) mass is 427 g/mol. The lowest BCUT2D eigenvalue weighted by atomic mass is 10.2. The lowest BCUT2D eigenvalue weighted by molar-refractivity contribution is -0.151. The molecule has 29 heavy (non-hydrogen) atoms. The van der Waals surface area contributed by atoms with Crippen molar-refractivity contribution in [3.8, 4) is 0 Å². The fourth-order valence-corrected chi connectivity index (χ4v) is 4.16. The maximum atomic E-state index is 13.2. The van der Waals surface area contributed by atoms with E-state index in [0.717, 1.165) is 32.6 Å². The van der Waals surface area contributed by atoms with E-state index in [9.17, 15) is 18.0 Å². The van der Waals surface area contributed by atoms with Crippen molar-refractivity contribution >= 4 is 33.4 Å². The Morgan fingerprint density at radius 3 is 2.97 bits per heavy atom. The van der Waals surface area contributed by atoms with Crippen LogP contribution in [0.4, 0.5) is 19.0 Å². The predicted octanol–water partition coefficient (Wildman–Crippen LogP) is 1.44. The summed E-state index contributed by atoms with van der Waals surface area (Å²) < 4.78 is 39.6. The van der Waals surface area contributed by atoms with Crippen molar-refractivity contribution in [3.63, 3.8) is 0 Å². The van der Waals surface area contributed by atoms with Crippen molar-refractivity contribution in [2.24, 2.45) is 0 Å². The smallest absolute Gasteiger partial charge is 0.354 e. The molecule has 2 aliphatic heterocycles. The predicted molar refractivity (Wildman–Crippen MR) is 103 cm³/mol. The summed E-state index contributed by atoms with van der Waals surface area (Å²) >= 11 is 1.23. The molecular weight excluding hydrogens is 407 g/mol. The molecule has 0 aliphatic carbocycles. The fourth-order valence-electron chi connectivity index (χ4n) is 3.34. The topological polar surface area (TPSA) is 85.4 Å². The molecule has 8 nitrogen and oxygen atoms in total. The first-order valence-corrected chi connectivity index (χ1v) is 9.99. The molecule has 1 atom stereocenters. The second kappa shape index (κ2) is 7.76. The molecule has 2 aliphatic rings. The van der Waals surface area contributed by atoms with Gasteiger partial charge < -0.3 is 20.5 Å². The Morgan fingerprint density at radius 1 is 1.34 bits per heavy atom. The summed E-state index contributed by atoms with van der Waals surface area (Å²) in [4.78, 5) is 24.4. The van der Waals surface area contributed by atoms with Gasteiger partial charge in [0.05, 0.1) is 17.5 Å². The third-order valence-electron chi connectivity index (χ3n) is 4.74. The van der Waals surface area contributed by atoms with Gasteiger partial charge in [-0.1, -0.05) is 0 Å². The number of rotatable bonds is 3. The molecule has 1 fully saturated rings. The number of alkyl halides is 3. The summed E-state index contributed by atoms with van der Waals surface area (Å²) in [5, 5.41) is 8.44. The van der Waals surface area contributed by atoms with E-state index >= 15 is 0 Å². The van der Waals surface area contributed by atoms with Gasteiger partial charge in [0.1, 0.15) is 16.2 Å². The molecule has 1 unspecified atom stereocenters. The highest BCUT2D eigenvalue weighted by Crippen LogP contribution is 2.29. The Hall–Kier alpha value is -2.44. The fraction of sp³-hybridized carbons (Fsp3) is 0.471. The maximum absolute atomic E-state index is 13.2. The lowest BCUT2D eigenvalue weighted by Gasteiger charge is -2.21. The van der Waals surface area contributed by atoms with E-state index in [2.05, 4.69) is 30.9 Å². The van der Waals surface area contributed by atoms with Crippen molar-refractivity contribution in [1.29, 1.82) is 0 Å². The first kappa shape index (κ1) is 19.9. The van der Waals surface area contributed by atoms with Gasteiger partial charge in [0.25, 0.3) is 5.91 Å². The van der Waals surface area contributed by atoms with Gasteiger partial charge in [-0.2, -0.15) is 13.2 Å². The molecule has 156 valence electrons. The molecule has 2 aromatic rings. The van der Waals surface area contributed by atoms with Crippen LogP contribution in [0, 0.1) is 0 Å². The van der Waals surface area contributed by atoms with Gasteiger partial charge >= 0.3 is 6.18 Å². The average Bonchev–Trinajstić information content (AvgIpc) is 3.14. The zero-order valence-corrected chi connectivity index (χ0v) is 16.4. The number of halogens is 3. The first-order chi connectivity index (χ1) is 13.8. The third kappa shape index (κ3) is 4.14. The van der Waals surface area contributed by atoms with Crippen LogP contribution in [0.15, 0.2) is 23.5 Å². The molecule has 0 radical (unpaired) electrons. The van der Waals surface area contributed by atoms with Crippen LogP contribution in [0.2, 0.25) is 0 Å². The second-order valence-electron chi connectivity index (χ2n) is 6.88. The minimum Gasteiger partial charge on any atom is -0.354 e. The quantitative estimate of drug-likeness (QED) is 0.684. The number of thiophene rings is 1. The summed E-state index contributed by atoms with van der Waals surface area (Å²) in [6, 6.07) is -1.97. The Bertz CT molecular complexity index is 937. The largest absolute Gasteiger partial charge is 0.411 e. The lowest BCUT2D eigenvalue weighted by Crippen LogP contribution is -2.47. The SMILES string of the molecule is CN1C=C(NC(=O)c2csc3ncc(N4CCCNCC4)nc23)C(C(F)(F)F)N1. The van der Waals surface area contributed by atoms with Gasteiger partial charge in [0.15, 0.2) is 6.04 Å². The van der Waals surface area contributed by atoms with Gasteiger partial charge in [-0.25, -0.2) is 15.4 Å². The van der Waals surface area contributed by atoms with Crippen molar-refractivity contribution < 1.29 is 18.0 Å². The first-order valence-electron chi connectivity index (χ1n) is 9.11. The highest BCUT2D eigenvalue weighted by atomic mass is 32.1. The van der Waals surface area contributed by atoms with E-state index in [0.29, 0.717) is 16.2 Å². The summed E-state index contributed by atoms with van der Waals surface area (Å²) in [6.45, 7) is 3.33. The van der Waals surface area contributed by atoms with Gasteiger partial charge in [-0.3, -0.25) is 4.79 Å². The van der Waals surface area contributed by atoms with Crippen LogP contribution >= 0.6 is 11.3 Å². The van der Waals surface area contributed by atoms with E-state index in [-0.39, 0.29) is 11.3 Å². The Kier molecular flexibility index (Phi) is 5.32. The van der Waals surface area contributed by atoms with E-state index in [1.807, 2.05) is 0 Å². The number of hydrogen-bond donors (Lipinski definition) is 3. The molecule has 4 heterocycles. The number of nitrogens with one attached hydrogen (secondary N) is 3. The molecular formula is C17H20F3N7OS. The number of aromatic nitrogens is 2. The number of anilines is 1. The number of carbonyl (C=O) groups excluding carboxylic acids is 1. The Labute approximate surface area is 168 Å². The van der Waals surface area contributed by atoms with Gasteiger partial charge in [-0.05, 0) is 13.0 Å². The number of hydrogen-bond acceptors (Lipinski definition) is 8. The van der Waals surface area contributed by atoms with E-state index in [1.165, 1.54) is 29.6 Å². The van der Waals surface area contributed by atoms with Gasteiger partial charge in [-0.15, -0.1) is 11.3 Å². The molecule has 0 bridgehead atoms. The summed E-state index contributed by atoms with van der Waals surface area (Å²) in [5.41, 5.74) is 2.60. The van der Waals surface area contributed by atoms with Crippen LogP contribution < -0.4 is 21.0 Å². The molecule has 2 aromatic heterocycles. The molecule has 0 aromatic carbocycles. The van der Waals surface area contributed by atoms with Crippen molar-refractivity contribution in [1.82, 2.24) is 31.0 Å². The van der Waals surface area contributed by atoms with Crippen LogP contribution in [0.25, 0.3) is 10.3 Å². The molecule has 0 saturated carbocycles. The zero-order valence-electron chi connectivity index (χ0n) is 15.6. The Morgan fingerprint density at radius 2 is 2.17 bits per heavy atom. The number of amides is 1. The normalized spacial score (nSPS) is 20.7. The summed E-state index contributed by atoms with van der Waals surface area (Å²) in [5.74, 6) is 0.0149. The molecule has 0 spiro atoms. The standard InChI is InChI=1S/C17H20F3N7OS/c1-26-8-11(14(25-26)17(18,19)20)23-15(28)10-9-29-16-13(10)24-12(7-22-16)27-5-2-3-21-4-6-27/h7-9,14,21,25H,2-6H2,1H3,(H,23,28). The summed E-state index contributed by atoms with van der Waals surface area (Å²) in [7, 11) is 1.44. The minimum atomic E-state index is -4.53. The van der Waals surface area contributed by atoms with Crippen LogP contribution in [0.1, 0.15) is 16.8 Å². The van der Waals surface area contributed by atoms with Crippen molar-refractivity contribution in [2.45, 2.75) is 18.6 Å².